The third-order valence-corrected chi connectivity index (χ3v) is 4.21. The van der Waals surface area contributed by atoms with Gasteiger partial charge in [0.2, 0.25) is 0 Å². The van der Waals surface area contributed by atoms with E-state index in [0.29, 0.717) is 12.2 Å². The van der Waals surface area contributed by atoms with Crippen LogP contribution in [0.2, 0.25) is 0 Å². The van der Waals surface area contributed by atoms with Gasteiger partial charge in [0.25, 0.3) is 0 Å². The average Bonchev–Trinajstić information content (AvgIpc) is 2.78. The van der Waals surface area contributed by atoms with E-state index >= 15 is 0 Å². The van der Waals surface area contributed by atoms with E-state index in [0.717, 1.165) is 42.8 Å². The Morgan fingerprint density at radius 1 is 1.35 bits per heavy atom. The van der Waals surface area contributed by atoms with Gasteiger partial charge in [0, 0.05) is 29.6 Å². The molecule has 3 nitrogen and oxygen atoms in total. The fraction of sp³-hybridized carbons (Fsp3) is 0.412. The lowest BCUT2D eigenvalue weighted by molar-refractivity contribution is 0.0972. The van der Waals surface area contributed by atoms with Crippen molar-refractivity contribution in [1.29, 1.82) is 0 Å². The van der Waals surface area contributed by atoms with Gasteiger partial charge in [-0.2, -0.15) is 0 Å². The second-order valence-electron chi connectivity index (χ2n) is 5.47. The number of carbonyl (C=O) groups excluding carboxylic acids is 1. The van der Waals surface area contributed by atoms with Crippen molar-refractivity contribution >= 4 is 5.78 Å². The monoisotopic (exact) mass is 268 g/mol. The summed E-state index contributed by atoms with van der Waals surface area (Å²) in [6, 6.07) is 6.17. The average molecular weight is 268 g/mol. The van der Waals surface area contributed by atoms with E-state index in [2.05, 4.69) is 29.5 Å². The van der Waals surface area contributed by atoms with Crippen LogP contribution in [0.4, 0.5) is 0 Å². The highest BCUT2D eigenvalue weighted by molar-refractivity contribution is 5.98. The van der Waals surface area contributed by atoms with E-state index in [4.69, 9.17) is 0 Å². The molecule has 0 fully saturated rings. The summed E-state index contributed by atoms with van der Waals surface area (Å²) in [4.78, 5) is 16.5. The van der Waals surface area contributed by atoms with E-state index in [-0.39, 0.29) is 0 Å². The van der Waals surface area contributed by atoms with Gasteiger partial charge in [0.05, 0.1) is 12.2 Å². The fourth-order valence-corrected chi connectivity index (χ4v) is 3.10. The molecule has 3 rings (SSSR count). The summed E-state index contributed by atoms with van der Waals surface area (Å²) in [5, 5.41) is 0. The number of aryl methyl sites for hydroxylation is 2. The molecule has 0 bridgehead atoms. The summed E-state index contributed by atoms with van der Waals surface area (Å²) in [7, 11) is 0. The molecule has 0 aromatic carbocycles. The zero-order valence-corrected chi connectivity index (χ0v) is 12.1. The summed E-state index contributed by atoms with van der Waals surface area (Å²) >= 11 is 0. The first-order valence-corrected chi connectivity index (χ1v) is 7.35. The maximum Gasteiger partial charge on any atom is 0.164 e. The second-order valence-corrected chi connectivity index (χ2v) is 5.47. The third-order valence-electron chi connectivity index (χ3n) is 4.21. The molecule has 0 saturated carbocycles. The number of nitrogens with zero attached hydrogens (tertiary/aromatic N) is 2. The van der Waals surface area contributed by atoms with Gasteiger partial charge in [-0.25, -0.2) is 0 Å². The van der Waals surface area contributed by atoms with Crippen LogP contribution in [0.15, 0.2) is 24.4 Å². The molecule has 1 aliphatic carbocycles. The largest absolute Gasteiger partial charge is 0.342 e. The summed E-state index contributed by atoms with van der Waals surface area (Å²) in [5.74, 6) is 0.296. The molecular formula is C17H20N2O. The predicted octanol–water partition coefficient (Wildman–Crippen LogP) is 3.32. The number of carbonyl (C=O) groups is 1. The third kappa shape index (κ3) is 2.17. The van der Waals surface area contributed by atoms with Crippen LogP contribution in [0.25, 0.3) is 0 Å². The van der Waals surface area contributed by atoms with Crippen LogP contribution in [0.5, 0.6) is 0 Å². The molecule has 0 saturated heterocycles. The number of ketones is 1. The first-order valence-electron chi connectivity index (χ1n) is 7.35. The quantitative estimate of drug-likeness (QED) is 0.856. The van der Waals surface area contributed by atoms with Gasteiger partial charge in [-0.05, 0) is 43.9 Å². The van der Waals surface area contributed by atoms with Crippen molar-refractivity contribution in [3.8, 4) is 0 Å². The summed E-state index contributed by atoms with van der Waals surface area (Å²) in [6.45, 7) is 5.01. The lowest BCUT2D eigenvalue weighted by atomic mass is 9.96. The Labute approximate surface area is 119 Å². The molecule has 2 aromatic rings. The number of fused-ring (bicyclic) bond motifs is 1. The van der Waals surface area contributed by atoms with E-state index in [1.54, 1.807) is 0 Å². The van der Waals surface area contributed by atoms with Crippen LogP contribution in [-0.2, 0) is 19.4 Å². The van der Waals surface area contributed by atoms with Gasteiger partial charge >= 0.3 is 0 Å². The second kappa shape index (κ2) is 5.23. The molecular weight excluding hydrogens is 248 g/mol. The van der Waals surface area contributed by atoms with Crippen molar-refractivity contribution in [1.82, 2.24) is 9.55 Å². The zero-order chi connectivity index (χ0) is 14.1. The van der Waals surface area contributed by atoms with Crippen molar-refractivity contribution < 1.29 is 4.79 Å². The van der Waals surface area contributed by atoms with Crippen LogP contribution in [0, 0.1) is 6.92 Å². The maximum atomic E-state index is 12.0. The number of hydrogen-bond donors (Lipinski definition) is 0. The Balaban J connectivity index is 2.01. The van der Waals surface area contributed by atoms with Crippen molar-refractivity contribution in [2.24, 2.45) is 0 Å². The lowest BCUT2D eigenvalue weighted by Gasteiger charge is -2.17. The highest BCUT2D eigenvalue weighted by atomic mass is 16.1. The van der Waals surface area contributed by atoms with E-state index in [1.165, 1.54) is 11.3 Å². The van der Waals surface area contributed by atoms with Gasteiger partial charge in [-0.3, -0.25) is 9.78 Å². The molecule has 0 spiro atoms. The van der Waals surface area contributed by atoms with Gasteiger partial charge in [0.1, 0.15) is 0 Å². The van der Waals surface area contributed by atoms with Crippen LogP contribution < -0.4 is 0 Å². The zero-order valence-electron chi connectivity index (χ0n) is 12.1. The smallest absolute Gasteiger partial charge is 0.164 e. The number of hydrogen-bond acceptors (Lipinski definition) is 2. The SMILES string of the molecule is CCc1cccnc1Cn1c(C)cc2c1CCCC2=O. The van der Waals surface area contributed by atoms with Crippen molar-refractivity contribution in [3.05, 3.63) is 52.6 Å². The predicted molar refractivity (Wildman–Crippen MR) is 79.2 cm³/mol. The first kappa shape index (κ1) is 13.1. The van der Waals surface area contributed by atoms with Gasteiger partial charge < -0.3 is 4.57 Å². The first-order chi connectivity index (χ1) is 9.70. The van der Waals surface area contributed by atoms with Crippen molar-refractivity contribution in [2.45, 2.75) is 46.1 Å². The molecule has 0 unspecified atom stereocenters. The summed E-state index contributed by atoms with van der Waals surface area (Å²) < 4.78 is 2.27. The highest BCUT2D eigenvalue weighted by Gasteiger charge is 2.22. The Bertz CT molecular complexity index is 655. The summed E-state index contributed by atoms with van der Waals surface area (Å²) in [6.07, 6.45) is 5.51. The number of pyridine rings is 1. The minimum absolute atomic E-state index is 0.296. The number of aromatic nitrogens is 2. The standard InChI is InChI=1S/C17H20N2O/c1-3-13-6-5-9-18-15(13)11-19-12(2)10-14-16(19)7-4-8-17(14)20/h5-6,9-10H,3-4,7-8,11H2,1-2H3. The molecule has 0 radical (unpaired) electrons. The number of rotatable bonds is 3. The molecule has 104 valence electrons. The minimum Gasteiger partial charge on any atom is -0.342 e. The molecule has 3 heteroatoms. The van der Waals surface area contributed by atoms with Crippen LogP contribution >= 0.6 is 0 Å². The molecule has 0 amide bonds. The van der Waals surface area contributed by atoms with Crippen LogP contribution in [-0.4, -0.2) is 15.3 Å². The Hall–Kier alpha value is -1.90. The van der Waals surface area contributed by atoms with Gasteiger partial charge in [0.15, 0.2) is 5.78 Å². The molecule has 0 aliphatic heterocycles. The molecule has 1 aliphatic rings. The summed E-state index contributed by atoms with van der Waals surface area (Å²) in [5.41, 5.74) is 5.71. The topological polar surface area (TPSA) is 34.9 Å². The van der Waals surface area contributed by atoms with Crippen LogP contribution in [0.1, 0.15) is 52.8 Å². The van der Waals surface area contributed by atoms with Crippen LogP contribution in [0.3, 0.4) is 0 Å². The Morgan fingerprint density at radius 2 is 2.20 bits per heavy atom. The van der Waals surface area contributed by atoms with E-state index < -0.39 is 0 Å². The van der Waals surface area contributed by atoms with E-state index in [9.17, 15) is 4.79 Å². The Kier molecular flexibility index (Phi) is 3.43. The van der Waals surface area contributed by atoms with Crippen molar-refractivity contribution in [3.63, 3.8) is 0 Å². The van der Waals surface area contributed by atoms with E-state index in [1.807, 2.05) is 18.3 Å². The molecule has 20 heavy (non-hydrogen) atoms. The lowest BCUT2D eigenvalue weighted by Crippen LogP contribution is -2.15. The maximum absolute atomic E-state index is 12.0. The molecule has 2 heterocycles. The van der Waals surface area contributed by atoms with Gasteiger partial charge in [-0.15, -0.1) is 0 Å². The molecule has 0 N–H and O–H groups in total. The van der Waals surface area contributed by atoms with Crippen molar-refractivity contribution in [2.75, 3.05) is 0 Å². The molecule has 2 aromatic heterocycles. The number of Topliss-reactive ketones (excluding diaryl/α,β-unsaturated/α-hetero) is 1. The molecule has 0 atom stereocenters. The van der Waals surface area contributed by atoms with Gasteiger partial charge in [-0.1, -0.05) is 13.0 Å². The normalized spacial score (nSPS) is 14.4. The fourth-order valence-electron chi connectivity index (χ4n) is 3.10. The highest BCUT2D eigenvalue weighted by Crippen LogP contribution is 2.26. The minimum atomic E-state index is 0.296. The Morgan fingerprint density at radius 3 is 3.00 bits per heavy atom.